The molecule has 0 amide bonds. The van der Waals surface area contributed by atoms with Crippen LogP contribution in [-0.4, -0.2) is 41.7 Å². The summed E-state index contributed by atoms with van der Waals surface area (Å²) in [6, 6.07) is 11.1. The second kappa shape index (κ2) is 10.1. The van der Waals surface area contributed by atoms with E-state index >= 15 is 8.78 Å². The van der Waals surface area contributed by atoms with Gasteiger partial charge in [-0.3, -0.25) is 0 Å². The van der Waals surface area contributed by atoms with Crippen LogP contribution in [0.5, 0.6) is 0 Å². The summed E-state index contributed by atoms with van der Waals surface area (Å²) in [7, 11) is 0. The molecule has 4 aromatic carbocycles. The predicted molar refractivity (Wildman–Crippen MR) is 143 cm³/mol. The SMILES string of the molecule is Cc1ccc2oc3ccc4c(ccc5oc6ccc(C(F)(F)C(F)(F)C(F)(F)C(F)(F)C(F)(F)C(F)(F)C(F)(F)C(F)(F)F)cc6c54)c3c2c1. The van der Waals surface area contributed by atoms with Gasteiger partial charge in [0.15, 0.2) is 0 Å². The molecule has 19 heteroatoms. The van der Waals surface area contributed by atoms with Crippen LogP contribution in [0, 0.1) is 6.92 Å². The maximum absolute atomic E-state index is 15.2. The van der Waals surface area contributed by atoms with Crippen molar-refractivity contribution in [3.8, 4) is 0 Å². The molecule has 0 saturated carbocycles. The average Bonchev–Trinajstić information content (AvgIpc) is 3.57. The molecule has 0 spiro atoms. The minimum atomic E-state index is -8.70. The molecule has 0 aliphatic heterocycles. The predicted octanol–water partition coefficient (Wildman–Crippen LogP) is 12.4. The summed E-state index contributed by atoms with van der Waals surface area (Å²) in [5, 5.41) is 0.868. The van der Waals surface area contributed by atoms with Gasteiger partial charge in [0.05, 0.1) is 0 Å². The molecule has 0 aliphatic rings. The van der Waals surface area contributed by atoms with E-state index in [0.29, 0.717) is 33.4 Å². The molecular weight excluding hydrogens is 727 g/mol. The van der Waals surface area contributed by atoms with Gasteiger partial charge >= 0.3 is 47.6 Å². The molecule has 0 radical (unpaired) electrons. The largest absolute Gasteiger partial charge is 0.460 e. The molecule has 2 heterocycles. The lowest BCUT2D eigenvalue weighted by Crippen LogP contribution is -2.74. The van der Waals surface area contributed by atoms with Crippen LogP contribution in [0.4, 0.5) is 74.6 Å². The number of alkyl halides is 17. The van der Waals surface area contributed by atoms with Crippen LogP contribution in [-0.2, 0) is 5.92 Å². The maximum atomic E-state index is 15.2. The summed E-state index contributed by atoms with van der Waals surface area (Å²) in [6.07, 6.45) is -7.82. The van der Waals surface area contributed by atoms with Crippen molar-refractivity contribution in [2.24, 2.45) is 0 Å². The maximum Gasteiger partial charge on any atom is 0.460 e. The topological polar surface area (TPSA) is 26.3 Å². The minimum absolute atomic E-state index is 0.0229. The van der Waals surface area contributed by atoms with Gasteiger partial charge in [0.2, 0.25) is 0 Å². The smallest absolute Gasteiger partial charge is 0.456 e. The first-order valence-electron chi connectivity index (χ1n) is 13.6. The second-order valence-electron chi connectivity index (χ2n) is 11.4. The van der Waals surface area contributed by atoms with Crippen molar-refractivity contribution in [1.29, 1.82) is 0 Å². The fraction of sp³-hybridized carbons (Fsp3) is 0.290. The zero-order valence-electron chi connectivity index (χ0n) is 24.0. The highest BCUT2D eigenvalue weighted by atomic mass is 19.4. The first-order chi connectivity index (χ1) is 22.6. The zero-order chi connectivity index (χ0) is 37.4. The number of hydrogen-bond acceptors (Lipinski definition) is 2. The molecule has 2 aromatic heterocycles. The molecule has 0 N–H and O–H groups in total. The van der Waals surface area contributed by atoms with Gasteiger partial charge in [-0.1, -0.05) is 11.6 Å². The van der Waals surface area contributed by atoms with E-state index in [0.717, 1.165) is 5.56 Å². The summed E-state index contributed by atoms with van der Waals surface area (Å²) < 4.78 is 247. The van der Waals surface area contributed by atoms with Crippen LogP contribution in [0.25, 0.3) is 54.6 Å². The molecule has 6 aromatic rings. The van der Waals surface area contributed by atoms with Crippen molar-refractivity contribution in [3.63, 3.8) is 0 Å². The number of furan rings is 2. The Balaban J connectivity index is 1.51. The molecule has 2 nitrogen and oxygen atoms in total. The third kappa shape index (κ3) is 4.23. The summed E-state index contributed by atoms with van der Waals surface area (Å²) in [5.74, 6) is -57.1. The van der Waals surface area contributed by atoms with Gasteiger partial charge in [-0.15, -0.1) is 0 Å². The summed E-state index contributed by atoms with van der Waals surface area (Å²) in [5.41, 5.74) is -1.28. The summed E-state index contributed by atoms with van der Waals surface area (Å²) >= 11 is 0. The number of fused-ring (bicyclic) bond motifs is 9. The van der Waals surface area contributed by atoms with Crippen LogP contribution in [0.1, 0.15) is 11.1 Å². The highest BCUT2D eigenvalue weighted by molar-refractivity contribution is 6.27. The van der Waals surface area contributed by atoms with Crippen LogP contribution in [0.2, 0.25) is 0 Å². The Morgan fingerprint density at radius 2 is 0.760 bits per heavy atom. The van der Waals surface area contributed by atoms with E-state index < -0.39 is 58.6 Å². The first-order valence-corrected chi connectivity index (χ1v) is 13.6. The van der Waals surface area contributed by atoms with Crippen molar-refractivity contribution in [2.45, 2.75) is 54.6 Å². The molecule has 6 rings (SSSR count). The standard InChI is InChI=1S/C31H13F17O2/c1-12-2-6-18-16(10-12)22-14-4-9-21-23(15(14)5-8-20(22)49-18)17-11-13(3-7-19(17)50-21)24(32,33)25(34,35)26(36,37)27(38,39)28(40,41)29(42,43)30(44,45)31(46,47)48/h2-11H,1H3. The van der Waals surface area contributed by atoms with Gasteiger partial charge in [0, 0.05) is 27.1 Å². The van der Waals surface area contributed by atoms with Gasteiger partial charge in [0.25, 0.3) is 0 Å². The summed E-state index contributed by atoms with van der Waals surface area (Å²) in [4.78, 5) is 0. The Hall–Kier alpha value is -4.45. The Morgan fingerprint density at radius 3 is 1.22 bits per heavy atom. The van der Waals surface area contributed by atoms with Gasteiger partial charge in [0.1, 0.15) is 22.3 Å². The molecule has 0 saturated heterocycles. The molecule has 0 atom stereocenters. The van der Waals surface area contributed by atoms with E-state index in [1.807, 2.05) is 0 Å². The molecule has 0 fully saturated rings. The lowest BCUT2D eigenvalue weighted by atomic mass is 9.87. The second-order valence-corrected chi connectivity index (χ2v) is 11.4. The van der Waals surface area contributed by atoms with E-state index in [4.69, 9.17) is 8.83 Å². The lowest BCUT2D eigenvalue weighted by Gasteiger charge is -2.42. The van der Waals surface area contributed by atoms with E-state index in [1.54, 1.807) is 25.1 Å². The Labute approximate surface area is 265 Å². The van der Waals surface area contributed by atoms with Gasteiger partial charge in [-0.25, -0.2) is 0 Å². The lowest BCUT2D eigenvalue weighted by molar-refractivity contribution is -0.462. The number of hydrogen-bond donors (Lipinski definition) is 0. The highest BCUT2D eigenvalue weighted by Gasteiger charge is 2.95. The molecule has 50 heavy (non-hydrogen) atoms. The van der Waals surface area contributed by atoms with Crippen LogP contribution in [0.3, 0.4) is 0 Å². The van der Waals surface area contributed by atoms with Gasteiger partial charge in [-0.2, -0.15) is 74.6 Å². The van der Waals surface area contributed by atoms with Gasteiger partial charge in [-0.05, 0) is 72.3 Å². The average molecular weight is 740 g/mol. The third-order valence-electron chi connectivity index (χ3n) is 8.30. The Bertz CT molecular complexity index is 2330. The number of rotatable bonds is 7. The number of aryl methyl sites for hydroxylation is 1. The molecular formula is C31H13F17O2. The van der Waals surface area contributed by atoms with Crippen molar-refractivity contribution >= 4 is 54.6 Å². The first kappa shape index (κ1) is 35.4. The normalized spacial score (nSPS) is 15.0. The van der Waals surface area contributed by atoms with Crippen LogP contribution >= 0.6 is 0 Å². The fourth-order valence-corrected chi connectivity index (χ4v) is 5.61. The third-order valence-corrected chi connectivity index (χ3v) is 8.30. The molecule has 0 bridgehead atoms. The van der Waals surface area contributed by atoms with Crippen LogP contribution < -0.4 is 0 Å². The monoisotopic (exact) mass is 740 g/mol. The van der Waals surface area contributed by atoms with Gasteiger partial charge < -0.3 is 8.83 Å². The van der Waals surface area contributed by atoms with Crippen LogP contribution in [0.15, 0.2) is 69.5 Å². The minimum Gasteiger partial charge on any atom is -0.456 e. The van der Waals surface area contributed by atoms with Crippen molar-refractivity contribution < 1.29 is 83.5 Å². The Morgan fingerprint density at radius 1 is 0.380 bits per heavy atom. The number of halogens is 17. The number of benzene rings is 4. The van der Waals surface area contributed by atoms with Crippen molar-refractivity contribution in [3.05, 3.63) is 71.8 Å². The quantitative estimate of drug-likeness (QED) is 0.152. The zero-order valence-corrected chi connectivity index (χ0v) is 24.0. The van der Waals surface area contributed by atoms with E-state index in [2.05, 4.69) is 0 Å². The molecule has 0 unspecified atom stereocenters. The summed E-state index contributed by atoms with van der Waals surface area (Å²) in [6.45, 7) is 1.76. The van der Waals surface area contributed by atoms with Crippen molar-refractivity contribution in [1.82, 2.24) is 0 Å². The van der Waals surface area contributed by atoms with E-state index in [-0.39, 0.29) is 34.1 Å². The Kier molecular flexibility index (Phi) is 7.13. The molecule has 268 valence electrons. The van der Waals surface area contributed by atoms with Crippen molar-refractivity contribution in [2.75, 3.05) is 0 Å². The highest BCUT2D eigenvalue weighted by Crippen LogP contribution is 2.65. The fourth-order valence-electron chi connectivity index (χ4n) is 5.61. The van der Waals surface area contributed by atoms with E-state index in [1.165, 1.54) is 24.3 Å². The molecule has 0 aliphatic carbocycles. The van der Waals surface area contributed by atoms with E-state index in [9.17, 15) is 65.9 Å².